The highest BCUT2D eigenvalue weighted by atomic mass is 16.3. The van der Waals surface area contributed by atoms with Gasteiger partial charge in [-0.15, -0.1) is 0 Å². The zero-order valence-corrected chi connectivity index (χ0v) is 7.43. The van der Waals surface area contributed by atoms with Gasteiger partial charge < -0.3 is 5.11 Å². The molecular weight excluding hydrogens is 124 g/mol. The lowest BCUT2D eigenvalue weighted by atomic mass is 9.88. The van der Waals surface area contributed by atoms with E-state index in [-0.39, 0.29) is 6.10 Å². The number of hydrogen-bond acceptors (Lipinski definition) is 1. The summed E-state index contributed by atoms with van der Waals surface area (Å²) >= 11 is 0. The lowest BCUT2D eigenvalue weighted by molar-refractivity contribution is 0.0793. The van der Waals surface area contributed by atoms with Crippen LogP contribution in [0.1, 0.15) is 46.5 Å². The van der Waals surface area contributed by atoms with Gasteiger partial charge in [-0.3, -0.25) is 0 Å². The molecule has 0 heterocycles. The van der Waals surface area contributed by atoms with Crippen molar-refractivity contribution >= 4 is 0 Å². The van der Waals surface area contributed by atoms with Gasteiger partial charge in [0.05, 0.1) is 6.10 Å². The Morgan fingerprint density at radius 3 is 1.90 bits per heavy atom. The Morgan fingerprint density at radius 1 is 1.10 bits per heavy atom. The molecule has 0 aliphatic heterocycles. The monoisotopic (exact) mass is 144 g/mol. The lowest BCUT2D eigenvalue weighted by Crippen LogP contribution is -2.21. The molecule has 1 aliphatic carbocycles. The first-order chi connectivity index (χ1) is 4.80. The van der Waals surface area contributed by atoms with Crippen LogP contribution >= 0.6 is 0 Å². The van der Waals surface area contributed by atoms with Crippen LogP contribution in [-0.2, 0) is 0 Å². The smallest absolute Gasteiger partial charge is 0.0565 e. The second kappa shape index (κ2) is 5.72. The first kappa shape index (κ1) is 9.96. The van der Waals surface area contributed by atoms with E-state index in [4.69, 9.17) is 0 Å². The summed E-state index contributed by atoms with van der Waals surface area (Å²) in [7, 11) is 0. The molecule has 0 aromatic carbocycles. The number of aliphatic hydroxyl groups is 1. The summed E-state index contributed by atoms with van der Waals surface area (Å²) in [4.78, 5) is 0. The number of rotatable bonds is 0. The van der Waals surface area contributed by atoms with Gasteiger partial charge in [0.1, 0.15) is 0 Å². The van der Waals surface area contributed by atoms with Crippen LogP contribution in [0.3, 0.4) is 0 Å². The van der Waals surface area contributed by atoms with Gasteiger partial charge in [0.15, 0.2) is 0 Å². The molecule has 1 saturated carbocycles. The van der Waals surface area contributed by atoms with Gasteiger partial charge in [-0.25, -0.2) is 0 Å². The Kier molecular flexibility index (Phi) is 5.70. The van der Waals surface area contributed by atoms with E-state index in [1.165, 1.54) is 19.3 Å². The maximum atomic E-state index is 9.18. The molecule has 0 spiro atoms. The van der Waals surface area contributed by atoms with Gasteiger partial charge in [0, 0.05) is 0 Å². The molecule has 0 radical (unpaired) electrons. The molecule has 1 nitrogen and oxygen atoms in total. The van der Waals surface area contributed by atoms with Crippen molar-refractivity contribution in [1.29, 1.82) is 0 Å². The van der Waals surface area contributed by atoms with Crippen LogP contribution < -0.4 is 0 Å². The van der Waals surface area contributed by atoms with Gasteiger partial charge in [-0.1, -0.05) is 33.6 Å². The highest BCUT2D eigenvalue weighted by Crippen LogP contribution is 2.22. The predicted molar refractivity (Wildman–Crippen MR) is 45.0 cm³/mol. The van der Waals surface area contributed by atoms with Crippen LogP contribution in [0.15, 0.2) is 0 Å². The van der Waals surface area contributed by atoms with Crippen LogP contribution in [0.5, 0.6) is 0 Å². The van der Waals surface area contributed by atoms with Gasteiger partial charge in [-0.05, 0) is 18.8 Å². The van der Waals surface area contributed by atoms with E-state index >= 15 is 0 Å². The predicted octanol–water partition coefficient (Wildman–Crippen LogP) is 2.58. The summed E-state index contributed by atoms with van der Waals surface area (Å²) in [5, 5.41) is 9.18. The van der Waals surface area contributed by atoms with Crippen molar-refractivity contribution in [3.63, 3.8) is 0 Å². The third kappa shape index (κ3) is 3.21. The summed E-state index contributed by atoms with van der Waals surface area (Å²) in [5.41, 5.74) is 0. The Balaban J connectivity index is 0.000000371. The molecule has 2 atom stereocenters. The fourth-order valence-electron chi connectivity index (χ4n) is 1.30. The van der Waals surface area contributed by atoms with Crippen molar-refractivity contribution < 1.29 is 5.11 Å². The average molecular weight is 144 g/mol. The Hall–Kier alpha value is -0.0400. The second-order valence-electron chi connectivity index (χ2n) is 2.83. The van der Waals surface area contributed by atoms with E-state index in [1.54, 1.807) is 0 Å². The van der Waals surface area contributed by atoms with E-state index < -0.39 is 0 Å². The molecular formula is C9H20O. The molecule has 0 aromatic rings. The fraction of sp³-hybridized carbons (Fsp3) is 1.00. The summed E-state index contributed by atoms with van der Waals surface area (Å²) in [6.07, 6.45) is 4.80. The fourth-order valence-corrected chi connectivity index (χ4v) is 1.30. The van der Waals surface area contributed by atoms with Crippen LogP contribution in [-0.4, -0.2) is 11.2 Å². The molecule has 0 saturated heterocycles. The van der Waals surface area contributed by atoms with Crippen molar-refractivity contribution in [2.24, 2.45) is 5.92 Å². The highest BCUT2D eigenvalue weighted by Gasteiger charge is 2.17. The largest absolute Gasteiger partial charge is 0.393 e. The zero-order chi connectivity index (χ0) is 7.98. The molecule has 10 heavy (non-hydrogen) atoms. The molecule has 0 bridgehead atoms. The summed E-state index contributed by atoms with van der Waals surface area (Å²) in [5.74, 6) is 0.559. The lowest BCUT2D eigenvalue weighted by Gasteiger charge is -2.23. The standard InChI is InChI=1S/C7H14O.C2H6/c1-6-4-2-3-5-7(6)8;1-2/h6-8H,2-5H2,1H3;1-2H3/t6-,7+;/m0./s1. The molecule has 0 aromatic heterocycles. The van der Waals surface area contributed by atoms with E-state index in [9.17, 15) is 5.11 Å². The maximum Gasteiger partial charge on any atom is 0.0565 e. The first-order valence-corrected chi connectivity index (χ1v) is 4.49. The normalized spacial score (nSPS) is 32.4. The average Bonchev–Trinajstić information content (AvgIpc) is 2.00. The Morgan fingerprint density at radius 2 is 1.60 bits per heavy atom. The van der Waals surface area contributed by atoms with Crippen molar-refractivity contribution in [2.75, 3.05) is 0 Å². The van der Waals surface area contributed by atoms with Gasteiger partial charge in [0.25, 0.3) is 0 Å². The molecule has 1 fully saturated rings. The minimum absolute atomic E-state index is 0.00347. The zero-order valence-electron chi connectivity index (χ0n) is 7.43. The Labute approximate surface area is 64.5 Å². The number of aliphatic hydroxyl groups excluding tert-OH is 1. The van der Waals surface area contributed by atoms with Crippen LogP contribution in [0, 0.1) is 5.92 Å². The van der Waals surface area contributed by atoms with Crippen molar-refractivity contribution in [1.82, 2.24) is 0 Å². The molecule has 0 amide bonds. The van der Waals surface area contributed by atoms with E-state index in [0.29, 0.717) is 5.92 Å². The summed E-state index contributed by atoms with van der Waals surface area (Å²) in [6.45, 7) is 6.13. The van der Waals surface area contributed by atoms with E-state index in [1.807, 2.05) is 13.8 Å². The molecule has 1 aliphatic rings. The maximum absolute atomic E-state index is 9.18. The third-order valence-electron chi connectivity index (χ3n) is 2.07. The summed E-state index contributed by atoms with van der Waals surface area (Å²) < 4.78 is 0. The molecule has 1 heteroatoms. The van der Waals surface area contributed by atoms with Crippen molar-refractivity contribution in [2.45, 2.75) is 52.6 Å². The third-order valence-corrected chi connectivity index (χ3v) is 2.07. The van der Waals surface area contributed by atoms with Crippen LogP contribution in [0.25, 0.3) is 0 Å². The number of hydrogen-bond donors (Lipinski definition) is 1. The quantitative estimate of drug-likeness (QED) is 0.554. The van der Waals surface area contributed by atoms with Crippen molar-refractivity contribution in [3.8, 4) is 0 Å². The molecule has 62 valence electrons. The van der Waals surface area contributed by atoms with Crippen molar-refractivity contribution in [3.05, 3.63) is 0 Å². The van der Waals surface area contributed by atoms with E-state index in [2.05, 4.69) is 6.92 Å². The molecule has 1 rings (SSSR count). The topological polar surface area (TPSA) is 20.2 Å². The second-order valence-corrected chi connectivity index (χ2v) is 2.83. The first-order valence-electron chi connectivity index (χ1n) is 4.49. The molecule has 1 N–H and O–H groups in total. The minimum Gasteiger partial charge on any atom is -0.393 e. The molecule has 0 unspecified atom stereocenters. The van der Waals surface area contributed by atoms with Crippen LogP contribution in [0.4, 0.5) is 0 Å². The Bertz CT molecular complexity index is 61.1. The highest BCUT2D eigenvalue weighted by molar-refractivity contribution is 4.69. The van der Waals surface area contributed by atoms with Crippen LogP contribution in [0.2, 0.25) is 0 Å². The van der Waals surface area contributed by atoms with Gasteiger partial charge in [-0.2, -0.15) is 0 Å². The van der Waals surface area contributed by atoms with Gasteiger partial charge >= 0.3 is 0 Å². The summed E-state index contributed by atoms with van der Waals surface area (Å²) in [6, 6.07) is 0. The SMILES string of the molecule is CC.C[C@H]1CCCC[C@H]1O. The minimum atomic E-state index is 0.00347. The van der Waals surface area contributed by atoms with E-state index in [0.717, 1.165) is 6.42 Å². The van der Waals surface area contributed by atoms with Gasteiger partial charge in [0.2, 0.25) is 0 Å².